The zero-order valence-electron chi connectivity index (χ0n) is 8.81. The third-order valence-electron chi connectivity index (χ3n) is 2.08. The molecule has 0 aliphatic rings. The maximum atomic E-state index is 6.03. The van der Waals surface area contributed by atoms with Crippen LogP contribution in [0.3, 0.4) is 0 Å². The van der Waals surface area contributed by atoms with Crippen LogP contribution in [0.25, 0.3) is 10.2 Å². The number of nitrogens with one attached hydrogen (secondary N) is 1. The second-order valence-electron chi connectivity index (χ2n) is 3.29. The molecule has 0 bridgehead atoms. The highest BCUT2D eigenvalue weighted by molar-refractivity contribution is 7.17. The summed E-state index contributed by atoms with van der Waals surface area (Å²) >= 11 is 7.65. The summed E-state index contributed by atoms with van der Waals surface area (Å²) in [5.41, 5.74) is 0.959. The van der Waals surface area contributed by atoms with Crippen LogP contribution < -0.4 is 5.32 Å². The van der Waals surface area contributed by atoms with Gasteiger partial charge in [0.1, 0.15) is 12.1 Å². The Bertz CT molecular complexity index is 462. The van der Waals surface area contributed by atoms with Gasteiger partial charge in [0.25, 0.3) is 0 Å². The first-order chi connectivity index (χ1) is 7.81. The quantitative estimate of drug-likeness (QED) is 0.836. The van der Waals surface area contributed by atoms with E-state index < -0.39 is 0 Å². The summed E-state index contributed by atoms with van der Waals surface area (Å²) in [5, 5.41) is 5.14. The van der Waals surface area contributed by atoms with E-state index in [-0.39, 0.29) is 5.38 Å². The molecule has 2 heterocycles. The van der Waals surface area contributed by atoms with Gasteiger partial charge in [-0.3, -0.25) is 0 Å². The number of rotatable bonds is 5. The van der Waals surface area contributed by atoms with Crippen LogP contribution in [-0.2, 0) is 4.74 Å². The summed E-state index contributed by atoms with van der Waals surface area (Å²) < 4.78 is 6.02. The molecule has 16 heavy (non-hydrogen) atoms. The summed E-state index contributed by atoms with van der Waals surface area (Å²) in [6, 6.07) is 1.97. The Morgan fingerprint density at radius 1 is 1.56 bits per heavy atom. The first kappa shape index (κ1) is 11.6. The zero-order chi connectivity index (χ0) is 11.4. The predicted molar refractivity (Wildman–Crippen MR) is 67.4 cm³/mol. The molecule has 0 radical (unpaired) electrons. The topological polar surface area (TPSA) is 47.0 Å². The van der Waals surface area contributed by atoms with E-state index in [2.05, 4.69) is 15.3 Å². The number of methoxy groups -OCH3 is 1. The molecule has 2 aromatic heterocycles. The van der Waals surface area contributed by atoms with Crippen LogP contribution in [0.15, 0.2) is 17.8 Å². The van der Waals surface area contributed by atoms with Crippen molar-refractivity contribution in [1.29, 1.82) is 0 Å². The smallest absolute Gasteiger partial charge is 0.147 e. The summed E-state index contributed by atoms with van der Waals surface area (Å²) in [5.74, 6) is 0.835. The lowest BCUT2D eigenvalue weighted by atomic mass is 10.4. The van der Waals surface area contributed by atoms with Crippen LogP contribution in [0.4, 0.5) is 5.82 Å². The van der Waals surface area contributed by atoms with Gasteiger partial charge in [0.15, 0.2) is 0 Å². The van der Waals surface area contributed by atoms with E-state index in [9.17, 15) is 0 Å². The lowest BCUT2D eigenvalue weighted by Gasteiger charge is -2.10. The van der Waals surface area contributed by atoms with Crippen molar-refractivity contribution >= 4 is 39.0 Å². The van der Waals surface area contributed by atoms with E-state index in [1.54, 1.807) is 24.8 Å². The van der Waals surface area contributed by atoms with Gasteiger partial charge in [0, 0.05) is 13.7 Å². The molecule has 2 aromatic rings. The number of anilines is 1. The van der Waals surface area contributed by atoms with Crippen LogP contribution in [0.2, 0.25) is 0 Å². The third-order valence-corrected chi connectivity index (χ3v) is 3.27. The minimum atomic E-state index is -0.0602. The molecular weight excluding hydrogens is 246 g/mol. The molecule has 1 unspecified atom stereocenters. The highest BCUT2D eigenvalue weighted by atomic mass is 35.5. The molecule has 0 fully saturated rings. The molecule has 1 N–H and O–H groups in total. The number of aromatic nitrogens is 2. The van der Waals surface area contributed by atoms with Gasteiger partial charge in [-0.2, -0.15) is 0 Å². The molecule has 86 valence electrons. The fourth-order valence-electron chi connectivity index (χ4n) is 1.36. The average Bonchev–Trinajstić information content (AvgIpc) is 2.75. The van der Waals surface area contributed by atoms with Crippen molar-refractivity contribution in [3.8, 4) is 0 Å². The van der Waals surface area contributed by atoms with E-state index >= 15 is 0 Å². The normalized spacial score (nSPS) is 12.9. The molecule has 6 heteroatoms. The first-order valence-electron chi connectivity index (χ1n) is 4.86. The molecule has 2 rings (SSSR count). The fourth-order valence-corrected chi connectivity index (χ4v) is 2.38. The van der Waals surface area contributed by atoms with E-state index in [1.807, 2.05) is 11.4 Å². The van der Waals surface area contributed by atoms with Crippen molar-refractivity contribution in [2.24, 2.45) is 0 Å². The largest absolute Gasteiger partial charge is 0.383 e. The lowest BCUT2D eigenvalue weighted by molar-refractivity contribution is 0.200. The zero-order valence-corrected chi connectivity index (χ0v) is 10.4. The number of hydrogen-bond donors (Lipinski definition) is 1. The second kappa shape index (κ2) is 5.43. The molecular formula is C10H12ClN3OS. The molecule has 4 nitrogen and oxygen atoms in total. The SMILES string of the molecule is COCC(Cl)CNc1ncnc2ccsc12. The van der Waals surface area contributed by atoms with E-state index in [0.29, 0.717) is 13.2 Å². The predicted octanol–water partition coefficient (Wildman–Crippen LogP) is 2.36. The van der Waals surface area contributed by atoms with Gasteiger partial charge in [-0.05, 0) is 11.4 Å². The Kier molecular flexibility index (Phi) is 3.93. The van der Waals surface area contributed by atoms with E-state index in [4.69, 9.17) is 16.3 Å². The Balaban J connectivity index is 2.06. The van der Waals surface area contributed by atoms with E-state index in [1.165, 1.54) is 0 Å². The first-order valence-corrected chi connectivity index (χ1v) is 6.18. The Hall–Kier alpha value is -0.910. The summed E-state index contributed by atoms with van der Waals surface area (Å²) in [7, 11) is 1.64. The Labute approximate surface area is 103 Å². The van der Waals surface area contributed by atoms with Crippen molar-refractivity contribution < 1.29 is 4.74 Å². The summed E-state index contributed by atoms with van der Waals surface area (Å²) in [6.07, 6.45) is 1.55. The maximum absolute atomic E-state index is 6.03. The van der Waals surface area contributed by atoms with Crippen LogP contribution in [0, 0.1) is 0 Å². The molecule has 0 spiro atoms. The van der Waals surface area contributed by atoms with E-state index in [0.717, 1.165) is 16.0 Å². The fraction of sp³-hybridized carbons (Fsp3) is 0.400. The minimum Gasteiger partial charge on any atom is -0.383 e. The van der Waals surface area contributed by atoms with Crippen LogP contribution in [0.5, 0.6) is 0 Å². The molecule has 0 saturated heterocycles. The molecule has 0 aliphatic carbocycles. The molecule has 0 aliphatic heterocycles. The number of halogens is 1. The van der Waals surface area contributed by atoms with Crippen LogP contribution >= 0.6 is 22.9 Å². The molecule has 0 saturated carbocycles. The number of ether oxygens (including phenoxy) is 1. The third kappa shape index (κ3) is 2.61. The Morgan fingerprint density at radius 3 is 3.25 bits per heavy atom. The molecule has 0 amide bonds. The number of thiophene rings is 1. The number of alkyl halides is 1. The summed E-state index contributed by atoms with van der Waals surface area (Å²) in [6.45, 7) is 1.15. The van der Waals surface area contributed by atoms with Gasteiger partial charge >= 0.3 is 0 Å². The highest BCUT2D eigenvalue weighted by Gasteiger charge is 2.07. The van der Waals surface area contributed by atoms with Gasteiger partial charge in [0.05, 0.1) is 22.2 Å². The van der Waals surface area contributed by atoms with Gasteiger partial charge in [0.2, 0.25) is 0 Å². The minimum absolute atomic E-state index is 0.0602. The standard InChI is InChI=1S/C10H12ClN3OS/c1-15-5-7(11)4-12-10-9-8(2-3-16-9)13-6-14-10/h2-3,6-7H,4-5H2,1H3,(H,12,13,14). The lowest BCUT2D eigenvalue weighted by Crippen LogP contribution is -2.19. The second-order valence-corrected chi connectivity index (χ2v) is 4.82. The Morgan fingerprint density at radius 2 is 2.44 bits per heavy atom. The number of fused-ring (bicyclic) bond motifs is 1. The van der Waals surface area contributed by atoms with Crippen molar-refractivity contribution in [3.63, 3.8) is 0 Å². The van der Waals surface area contributed by atoms with Gasteiger partial charge in [-0.15, -0.1) is 22.9 Å². The van der Waals surface area contributed by atoms with Gasteiger partial charge in [-0.25, -0.2) is 9.97 Å². The number of nitrogens with zero attached hydrogens (tertiary/aromatic N) is 2. The van der Waals surface area contributed by atoms with Gasteiger partial charge < -0.3 is 10.1 Å². The van der Waals surface area contributed by atoms with Crippen molar-refractivity contribution in [1.82, 2.24) is 9.97 Å². The maximum Gasteiger partial charge on any atom is 0.147 e. The van der Waals surface area contributed by atoms with Crippen molar-refractivity contribution in [2.75, 3.05) is 25.6 Å². The highest BCUT2D eigenvalue weighted by Crippen LogP contribution is 2.24. The number of hydrogen-bond acceptors (Lipinski definition) is 5. The average molecular weight is 258 g/mol. The van der Waals surface area contributed by atoms with Crippen molar-refractivity contribution in [3.05, 3.63) is 17.8 Å². The molecule has 0 aromatic carbocycles. The molecule has 1 atom stereocenters. The van der Waals surface area contributed by atoms with Gasteiger partial charge in [-0.1, -0.05) is 0 Å². The van der Waals surface area contributed by atoms with Crippen LogP contribution in [0.1, 0.15) is 0 Å². The van der Waals surface area contributed by atoms with Crippen molar-refractivity contribution in [2.45, 2.75) is 5.38 Å². The van der Waals surface area contributed by atoms with Crippen LogP contribution in [-0.4, -0.2) is 35.6 Å². The monoisotopic (exact) mass is 257 g/mol. The summed E-state index contributed by atoms with van der Waals surface area (Å²) in [4.78, 5) is 8.37.